The molecule has 2 aliphatic carbocycles. The molecule has 6 rings (SSSR count). The van der Waals surface area contributed by atoms with Gasteiger partial charge in [-0.15, -0.1) is 5.10 Å². The third kappa shape index (κ3) is 4.38. The summed E-state index contributed by atoms with van der Waals surface area (Å²) in [6, 6.07) is 4.60. The number of hydrogen-bond acceptors (Lipinski definition) is 10. The number of benzene rings is 1. The van der Waals surface area contributed by atoms with E-state index in [0.29, 0.717) is 45.9 Å². The number of piperazine rings is 1. The number of halogens is 1. The fraction of sp³-hybridized carbons (Fsp3) is 0.458. The molecule has 0 radical (unpaired) electrons. The molecule has 0 unspecified atom stereocenters. The van der Waals surface area contributed by atoms with Crippen molar-refractivity contribution in [3.05, 3.63) is 34.6 Å². The Morgan fingerprint density at radius 3 is 2.53 bits per heavy atom. The van der Waals surface area contributed by atoms with E-state index in [1.165, 1.54) is 12.4 Å². The summed E-state index contributed by atoms with van der Waals surface area (Å²) >= 11 is 6.91. The molecule has 1 aromatic carbocycles. The minimum atomic E-state index is -0.154. The zero-order valence-electron chi connectivity index (χ0n) is 19.8. The van der Waals surface area contributed by atoms with Crippen LogP contribution in [0.1, 0.15) is 36.9 Å². The minimum absolute atomic E-state index is 0.154. The van der Waals surface area contributed by atoms with Gasteiger partial charge in [0.2, 0.25) is 5.95 Å². The van der Waals surface area contributed by atoms with Gasteiger partial charge in [-0.3, -0.25) is 4.90 Å². The molecular formula is C24H29ClN10O. The van der Waals surface area contributed by atoms with Crippen molar-refractivity contribution in [2.75, 3.05) is 41.7 Å². The van der Waals surface area contributed by atoms with Gasteiger partial charge in [-0.2, -0.15) is 4.98 Å². The van der Waals surface area contributed by atoms with Crippen LogP contribution < -0.4 is 15.5 Å². The van der Waals surface area contributed by atoms with Crippen LogP contribution in [0.3, 0.4) is 0 Å². The van der Waals surface area contributed by atoms with E-state index in [9.17, 15) is 5.11 Å². The maximum atomic E-state index is 9.65. The first kappa shape index (κ1) is 23.1. The van der Waals surface area contributed by atoms with Crippen molar-refractivity contribution in [2.45, 2.75) is 43.9 Å². The first-order valence-electron chi connectivity index (χ1n) is 12.3. The number of imidazole rings is 1. The van der Waals surface area contributed by atoms with Gasteiger partial charge < -0.3 is 31.5 Å². The van der Waals surface area contributed by atoms with E-state index < -0.39 is 0 Å². The lowest BCUT2D eigenvalue weighted by Crippen LogP contribution is -2.55. The molecule has 12 heteroatoms. The summed E-state index contributed by atoms with van der Waals surface area (Å²) in [4.78, 5) is 13.7. The summed E-state index contributed by atoms with van der Waals surface area (Å²) in [5, 5.41) is 37.0. The zero-order valence-corrected chi connectivity index (χ0v) is 20.5. The van der Waals surface area contributed by atoms with Gasteiger partial charge >= 0.3 is 0 Å². The summed E-state index contributed by atoms with van der Waals surface area (Å²) in [7, 11) is 0. The average Bonchev–Trinajstić information content (AvgIpc) is 3.59. The van der Waals surface area contributed by atoms with Crippen LogP contribution in [0.25, 0.3) is 5.65 Å². The number of anilines is 4. The van der Waals surface area contributed by atoms with Gasteiger partial charge in [0.25, 0.3) is 0 Å². The summed E-state index contributed by atoms with van der Waals surface area (Å²) in [5.41, 5.74) is 3.33. The average molecular weight is 509 g/mol. The second-order valence-corrected chi connectivity index (χ2v) is 10.1. The Morgan fingerprint density at radius 1 is 1.08 bits per heavy atom. The summed E-state index contributed by atoms with van der Waals surface area (Å²) in [6.07, 6.45) is 7.85. The SMILES string of the molecule is N=Cc1cc(Nc2nc(NC3CC3)c3ncc(C=N)n3n2)c(Cl)c(N2CCN([C@H]3C[C@@H](O)C3)CC2)c1. The molecule has 3 aromatic rings. The van der Waals surface area contributed by atoms with Crippen LogP contribution in [0.5, 0.6) is 0 Å². The highest BCUT2D eigenvalue weighted by atomic mass is 35.5. The van der Waals surface area contributed by atoms with E-state index in [2.05, 4.69) is 35.5 Å². The standard InChI is InChI=1S/C24H29ClN10O/c25-21-19(30-24-31-22(29-15-1-2-15)23-28-13-17(12-27)35(23)32-24)7-14(11-26)8-20(21)34-5-3-33(4-6-34)16-9-18(36)10-16/h7-8,11-13,15-16,18,26-27,36H,1-6,9-10H2,(H2,29,30,31,32)/t16-,18+. The Morgan fingerprint density at radius 2 is 1.86 bits per heavy atom. The summed E-state index contributed by atoms with van der Waals surface area (Å²) in [6.45, 7) is 3.47. The van der Waals surface area contributed by atoms with Gasteiger partial charge in [0.05, 0.1) is 28.7 Å². The van der Waals surface area contributed by atoms with E-state index in [-0.39, 0.29) is 6.10 Å². The molecule has 188 valence electrons. The van der Waals surface area contributed by atoms with Crippen molar-refractivity contribution in [1.82, 2.24) is 24.5 Å². The molecule has 3 heterocycles. The number of nitrogens with one attached hydrogen (secondary N) is 4. The minimum Gasteiger partial charge on any atom is -0.393 e. The van der Waals surface area contributed by atoms with Gasteiger partial charge in [-0.1, -0.05) is 11.6 Å². The number of fused-ring (bicyclic) bond motifs is 1. The van der Waals surface area contributed by atoms with E-state index in [0.717, 1.165) is 63.1 Å². The van der Waals surface area contributed by atoms with Crippen molar-refractivity contribution in [3.63, 3.8) is 0 Å². The fourth-order valence-electron chi connectivity index (χ4n) is 4.91. The number of aromatic nitrogens is 4. The Hall–Kier alpha value is -3.28. The molecule has 1 aliphatic heterocycles. The van der Waals surface area contributed by atoms with Gasteiger partial charge in [-0.05, 0) is 43.4 Å². The number of aliphatic hydroxyl groups is 1. The Bertz CT molecular complexity index is 1310. The molecule has 2 aromatic heterocycles. The van der Waals surface area contributed by atoms with Gasteiger partial charge in [0.1, 0.15) is 5.69 Å². The van der Waals surface area contributed by atoms with Crippen LogP contribution in [0, 0.1) is 10.8 Å². The third-order valence-electron chi connectivity index (χ3n) is 7.20. The smallest absolute Gasteiger partial charge is 0.247 e. The van der Waals surface area contributed by atoms with Gasteiger partial charge in [0, 0.05) is 50.7 Å². The molecule has 3 aliphatic rings. The molecule has 11 nitrogen and oxygen atoms in total. The largest absolute Gasteiger partial charge is 0.393 e. The maximum Gasteiger partial charge on any atom is 0.247 e. The molecule has 5 N–H and O–H groups in total. The molecule has 0 amide bonds. The second-order valence-electron chi connectivity index (χ2n) is 9.74. The molecule has 0 atom stereocenters. The Labute approximate surface area is 213 Å². The van der Waals surface area contributed by atoms with Crippen molar-refractivity contribution in [1.29, 1.82) is 10.8 Å². The van der Waals surface area contributed by atoms with E-state index in [1.807, 2.05) is 12.1 Å². The molecule has 3 fully saturated rings. The Kier molecular flexibility index (Phi) is 5.98. The van der Waals surface area contributed by atoms with Crippen molar-refractivity contribution in [3.8, 4) is 0 Å². The van der Waals surface area contributed by atoms with E-state index >= 15 is 0 Å². The first-order valence-corrected chi connectivity index (χ1v) is 12.7. The molecule has 1 saturated heterocycles. The highest BCUT2D eigenvalue weighted by Gasteiger charge is 2.34. The van der Waals surface area contributed by atoms with Crippen LogP contribution in [0.15, 0.2) is 18.3 Å². The van der Waals surface area contributed by atoms with E-state index in [4.69, 9.17) is 22.4 Å². The van der Waals surface area contributed by atoms with Gasteiger partial charge in [-0.25, -0.2) is 9.50 Å². The van der Waals surface area contributed by atoms with Crippen molar-refractivity contribution < 1.29 is 5.11 Å². The third-order valence-corrected chi connectivity index (χ3v) is 7.60. The molecular weight excluding hydrogens is 480 g/mol. The van der Waals surface area contributed by atoms with E-state index in [1.54, 1.807) is 10.7 Å². The number of hydrogen-bond donors (Lipinski definition) is 5. The second kappa shape index (κ2) is 9.30. The normalized spacial score (nSPS) is 22.3. The lowest BCUT2D eigenvalue weighted by molar-refractivity contribution is -0.000359. The van der Waals surface area contributed by atoms with Crippen LogP contribution in [-0.2, 0) is 0 Å². The van der Waals surface area contributed by atoms with Crippen molar-refractivity contribution in [2.24, 2.45) is 0 Å². The molecule has 0 bridgehead atoms. The van der Waals surface area contributed by atoms with Gasteiger partial charge in [0.15, 0.2) is 11.5 Å². The fourth-order valence-corrected chi connectivity index (χ4v) is 5.18. The predicted octanol–water partition coefficient (Wildman–Crippen LogP) is 2.74. The summed E-state index contributed by atoms with van der Waals surface area (Å²) in [5.74, 6) is 0.940. The topological polar surface area (TPSA) is 142 Å². The quantitative estimate of drug-likeness (QED) is 0.292. The lowest BCUT2D eigenvalue weighted by Gasteiger charge is -2.45. The highest BCUT2D eigenvalue weighted by molar-refractivity contribution is 6.36. The van der Waals surface area contributed by atoms with Crippen molar-refractivity contribution >= 4 is 52.8 Å². The summed E-state index contributed by atoms with van der Waals surface area (Å²) < 4.78 is 1.60. The monoisotopic (exact) mass is 508 g/mol. The number of rotatable bonds is 8. The lowest BCUT2D eigenvalue weighted by atomic mass is 9.87. The van der Waals surface area contributed by atoms with Crippen LogP contribution >= 0.6 is 11.6 Å². The number of nitrogens with zero attached hydrogens (tertiary/aromatic N) is 6. The maximum absolute atomic E-state index is 9.65. The molecule has 2 saturated carbocycles. The number of aliphatic hydroxyl groups excluding tert-OH is 1. The first-order chi connectivity index (χ1) is 17.5. The van der Waals surface area contributed by atoms with Crippen LogP contribution in [0.4, 0.5) is 23.1 Å². The highest BCUT2D eigenvalue weighted by Crippen LogP contribution is 2.37. The molecule has 36 heavy (non-hydrogen) atoms. The van der Waals surface area contributed by atoms with Crippen LogP contribution in [0.2, 0.25) is 5.02 Å². The zero-order chi connectivity index (χ0) is 24.8. The Balaban J connectivity index is 1.28. The predicted molar refractivity (Wildman–Crippen MR) is 141 cm³/mol. The van der Waals surface area contributed by atoms with Crippen LogP contribution in [-0.4, -0.2) is 86.4 Å². The molecule has 0 spiro atoms.